The maximum absolute atomic E-state index is 13.0. The smallest absolute Gasteiger partial charge is 0.434 e. The average Bonchev–Trinajstić information content (AvgIpc) is 2.76. The first-order chi connectivity index (χ1) is 16.6. The van der Waals surface area contributed by atoms with Crippen LogP contribution in [0.5, 0.6) is 0 Å². The van der Waals surface area contributed by atoms with Gasteiger partial charge in [-0.3, -0.25) is 14.8 Å². The van der Waals surface area contributed by atoms with Gasteiger partial charge >= 0.3 is 12.3 Å². The van der Waals surface area contributed by atoms with Gasteiger partial charge in [-0.2, -0.15) is 13.2 Å². The fourth-order valence-corrected chi connectivity index (χ4v) is 5.82. The van der Waals surface area contributed by atoms with E-state index in [0.29, 0.717) is 13.1 Å². The molecule has 0 radical (unpaired) electrons. The largest absolute Gasteiger partial charge is 0.446 e. The van der Waals surface area contributed by atoms with Gasteiger partial charge < -0.3 is 9.64 Å². The summed E-state index contributed by atoms with van der Waals surface area (Å²) < 4.78 is 44.9. The van der Waals surface area contributed by atoms with Crippen LogP contribution in [0.3, 0.4) is 0 Å². The topological polar surface area (TPSA) is 61.8 Å². The van der Waals surface area contributed by atoms with E-state index in [1.807, 2.05) is 19.9 Å². The molecule has 1 aromatic carbocycles. The van der Waals surface area contributed by atoms with Crippen LogP contribution in [0.15, 0.2) is 42.7 Å². The quantitative estimate of drug-likeness (QED) is 0.642. The van der Waals surface area contributed by atoms with Crippen LogP contribution in [0.25, 0.3) is 0 Å². The second-order valence-corrected chi connectivity index (χ2v) is 10.3. The number of halogens is 3. The van der Waals surface area contributed by atoms with Gasteiger partial charge in [-0.15, -0.1) is 0 Å². The van der Waals surface area contributed by atoms with E-state index in [-0.39, 0.29) is 35.5 Å². The van der Waals surface area contributed by atoms with Gasteiger partial charge in [0, 0.05) is 38.1 Å². The SMILES string of the molecule is C[C@@H]1CN(c2cncc(C(F)(F)F)n2)C[C@@H](C)N1C(=O)OC1CC2(C1)CN(Cc1ccccc1)C2. The molecule has 1 aromatic heterocycles. The minimum Gasteiger partial charge on any atom is -0.446 e. The second kappa shape index (κ2) is 8.96. The lowest BCUT2D eigenvalue weighted by molar-refractivity contribution is -0.141. The van der Waals surface area contributed by atoms with E-state index < -0.39 is 11.9 Å². The predicted octanol–water partition coefficient (Wildman–Crippen LogP) is 4.20. The summed E-state index contributed by atoms with van der Waals surface area (Å²) in [5.41, 5.74) is 0.551. The highest BCUT2D eigenvalue weighted by Crippen LogP contribution is 2.50. The maximum Gasteiger partial charge on any atom is 0.434 e. The molecule has 1 saturated carbocycles. The van der Waals surface area contributed by atoms with E-state index in [9.17, 15) is 18.0 Å². The van der Waals surface area contributed by atoms with Crippen molar-refractivity contribution in [1.82, 2.24) is 19.8 Å². The number of alkyl halides is 3. The summed E-state index contributed by atoms with van der Waals surface area (Å²) in [6.45, 7) is 7.47. The Morgan fingerprint density at radius 3 is 2.37 bits per heavy atom. The van der Waals surface area contributed by atoms with E-state index in [4.69, 9.17) is 4.74 Å². The van der Waals surface area contributed by atoms with Gasteiger partial charge in [0.1, 0.15) is 11.9 Å². The molecule has 0 unspecified atom stereocenters. The number of rotatable bonds is 4. The molecular formula is C25H30F3N5O2. The fourth-order valence-electron chi connectivity index (χ4n) is 5.82. The number of piperazine rings is 1. The number of carbonyl (C=O) groups is 1. The number of aromatic nitrogens is 2. The normalized spacial score (nSPS) is 24.7. The molecule has 3 fully saturated rings. The third-order valence-corrected chi connectivity index (χ3v) is 7.32. The predicted molar refractivity (Wildman–Crippen MR) is 124 cm³/mol. The number of amides is 1. The minimum absolute atomic E-state index is 0.0758. The first kappa shape index (κ1) is 23.8. The number of hydrogen-bond donors (Lipinski definition) is 0. The Kier molecular flexibility index (Phi) is 6.11. The summed E-state index contributed by atoms with van der Waals surface area (Å²) in [5.74, 6) is 0.164. The third-order valence-electron chi connectivity index (χ3n) is 7.32. The summed E-state index contributed by atoms with van der Waals surface area (Å²) in [6.07, 6.45) is -1.16. The summed E-state index contributed by atoms with van der Waals surface area (Å²) in [4.78, 5) is 26.3. The highest BCUT2D eigenvalue weighted by molar-refractivity contribution is 5.69. The molecular weight excluding hydrogens is 459 g/mol. The lowest BCUT2D eigenvalue weighted by Gasteiger charge is -2.58. The van der Waals surface area contributed by atoms with Crippen LogP contribution in [0, 0.1) is 5.41 Å². The van der Waals surface area contributed by atoms with Gasteiger partial charge in [0.25, 0.3) is 0 Å². The Morgan fingerprint density at radius 2 is 1.74 bits per heavy atom. The van der Waals surface area contributed by atoms with Crippen molar-refractivity contribution in [3.63, 3.8) is 0 Å². The molecule has 0 bridgehead atoms. The van der Waals surface area contributed by atoms with E-state index in [1.165, 1.54) is 11.8 Å². The standard InChI is InChI=1S/C25H30F3N5O2/c1-17-12-32(22-11-29-10-21(30-22)25(26,27)28)13-18(2)33(17)23(34)35-20-8-24(9-20)15-31(16-24)14-19-6-4-3-5-7-19/h3-7,10-11,17-18,20H,8-9,12-16H2,1-2H3/t17-,18-/m1/s1. The Bertz CT molecular complexity index is 1040. The number of hydrogen-bond acceptors (Lipinski definition) is 6. The summed E-state index contributed by atoms with van der Waals surface area (Å²) >= 11 is 0. The molecule has 188 valence electrons. The first-order valence-corrected chi connectivity index (χ1v) is 12.0. The molecule has 2 aliphatic heterocycles. The van der Waals surface area contributed by atoms with E-state index in [1.54, 1.807) is 9.80 Å². The van der Waals surface area contributed by atoms with Crippen LogP contribution in [0.2, 0.25) is 0 Å². The lowest BCUT2D eigenvalue weighted by atomic mass is 9.61. The van der Waals surface area contributed by atoms with E-state index >= 15 is 0 Å². The molecule has 3 aliphatic rings. The van der Waals surface area contributed by atoms with Crippen LogP contribution in [0.4, 0.5) is 23.8 Å². The van der Waals surface area contributed by atoms with E-state index in [0.717, 1.165) is 38.7 Å². The van der Waals surface area contributed by atoms with Gasteiger partial charge in [0.2, 0.25) is 0 Å². The van der Waals surface area contributed by atoms with E-state index in [2.05, 4.69) is 39.1 Å². The minimum atomic E-state index is -4.55. The van der Waals surface area contributed by atoms with Crippen LogP contribution in [0.1, 0.15) is 37.9 Å². The maximum atomic E-state index is 13.0. The zero-order chi connectivity index (χ0) is 24.8. The molecule has 0 N–H and O–H groups in total. The van der Waals surface area contributed by atoms with Crippen molar-refractivity contribution in [3.8, 4) is 0 Å². The highest BCUT2D eigenvalue weighted by Gasteiger charge is 2.54. The Balaban J connectivity index is 1.11. The molecule has 1 spiro atoms. The van der Waals surface area contributed by atoms with Crippen molar-refractivity contribution in [3.05, 3.63) is 54.0 Å². The van der Waals surface area contributed by atoms with Crippen LogP contribution in [-0.2, 0) is 17.5 Å². The third kappa shape index (κ3) is 4.94. The molecule has 2 saturated heterocycles. The monoisotopic (exact) mass is 489 g/mol. The van der Waals surface area contributed by atoms with Crippen molar-refractivity contribution in [2.45, 2.75) is 57.6 Å². The van der Waals surface area contributed by atoms with Crippen molar-refractivity contribution >= 4 is 11.9 Å². The van der Waals surface area contributed by atoms with Gasteiger partial charge in [-0.1, -0.05) is 30.3 Å². The van der Waals surface area contributed by atoms with Gasteiger partial charge in [0.15, 0.2) is 5.69 Å². The Labute approximate surface area is 202 Å². The lowest BCUT2D eigenvalue weighted by Crippen LogP contribution is -2.65. The van der Waals surface area contributed by atoms with Crippen molar-refractivity contribution < 1.29 is 22.7 Å². The average molecular weight is 490 g/mol. The Morgan fingerprint density at radius 1 is 1.09 bits per heavy atom. The molecule has 7 nitrogen and oxygen atoms in total. The highest BCUT2D eigenvalue weighted by atomic mass is 19.4. The van der Waals surface area contributed by atoms with Crippen molar-refractivity contribution in [2.75, 3.05) is 31.1 Å². The van der Waals surface area contributed by atoms with Gasteiger partial charge in [-0.05, 0) is 32.3 Å². The molecule has 10 heteroatoms. The number of likely N-dealkylation sites (tertiary alicyclic amines) is 1. The molecule has 3 heterocycles. The number of nitrogens with zero attached hydrogens (tertiary/aromatic N) is 5. The van der Waals surface area contributed by atoms with Crippen molar-refractivity contribution in [1.29, 1.82) is 0 Å². The molecule has 1 amide bonds. The van der Waals surface area contributed by atoms with Gasteiger partial charge in [-0.25, -0.2) is 9.78 Å². The number of anilines is 1. The summed E-state index contributed by atoms with van der Waals surface area (Å²) in [7, 11) is 0. The molecule has 5 rings (SSSR count). The summed E-state index contributed by atoms with van der Waals surface area (Å²) in [5, 5.41) is 0. The zero-order valence-corrected chi connectivity index (χ0v) is 19.9. The molecule has 1 aliphatic carbocycles. The number of benzene rings is 1. The number of carbonyl (C=O) groups excluding carboxylic acids is 1. The van der Waals surface area contributed by atoms with Gasteiger partial charge in [0.05, 0.1) is 24.5 Å². The second-order valence-electron chi connectivity index (χ2n) is 10.3. The fraction of sp³-hybridized carbons (Fsp3) is 0.560. The van der Waals surface area contributed by atoms with Crippen LogP contribution >= 0.6 is 0 Å². The molecule has 35 heavy (non-hydrogen) atoms. The van der Waals surface area contributed by atoms with Crippen molar-refractivity contribution in [2.24, 2.45) is 5.41 Å². The van der Waals surface area contributed by atoms with Crippen LogP contribution in [-0.4, -0.2) is 70.2 Å². The number of ether oxygens (including phenoxy) is 1. The zero-order valence-electron chi connectivity index (χ0n) is 19.9. The van der Waals surface area contributed by atoms with Crippen LogP contribution < -0.4 is 4.90 Å². The molecule has 2 atom stereocenters. The first-order valence-electron chi connectivity index (χ1n) is 12.0. The summed E-state index contributed by atoms with van der Waals surface area (Å²) in [6, 6.07) is 9.93. The Hall–Kier alpha value is -2.88. The molecule has 2 aromatic rings.